The molecule has 0 aliphatic carbocycles. The number of ether oxygens (including phenoxy) is 1. The van der Waals surface area contributed by atoms with Gasteiger partial charge in [-0.3, -0.25) is 9.59 Å². The van der Waals surface area contributed by atoms with E-state index in [1.807, 2.05) is 0 Å². The predicted octanol–water partition coefficient (Wildman–Crippen LogP) is 1.36. The topological polar surface area (TPSA) is 55.4 Å². The molecule has 15 heavy (non-hydrogen) atoms. The molecule has 82 valence electrons. The molecule has 1 saturated heterocycles. The molecule has 1 rings (SSSR count). The zero-order valence-corrected chi connectivity index (χ0v) is 10.1. The molecule has 1 aliphatic heterocycles. The molecule has 4 nitrogen and oxygen atoms in total. The lowest BCUT2D eigenvalue weighted by Gasteiger charge is -2.03. The number of carbonyl (C=O) groups excluding carboxylic acids is 2. The van der Waals surface area contributed by atoms with E-state index < -0.39 is 0 Å². The maximum Gasteiger partial charge on any atom is 0.309 e. The summed E-state index contributed by atoms with van der Waals surface area (Å²) in [5.74, 6) is -0.555. The van der Waals surface area contributed by atoms with Gasteiger partial charge in [0.1, 0.15) is 4.32 Å². The Kier molecular flexibility index (Phi) is 4.28. The predicted molar refractivity (Wildman–Crippen MR) is 62.3 cm³/mol. The van der Waals surface area contributed by atoms with Gasteiger partial charge in [0.25, 0.3) is 5.91 Å². The van der Waals surface area contributed by atoms with Crippen LogP contribution in [0.5, 0.6) is 0 Å². The number of hydrogen-bond donors (Lipinski definition) is 1. The first-order valence-corrected chi connectivity index (χ1v) is 5.65. The van der Waals surface area contributed by atoms with E-state index in [1.54, 1.807) is 13.8 Å². The second-order valence-corrected chi connectivity index (χ2v) is 4.62. The number of rotatable bonds is 3. The van der Waals surface area contributed by atoms with Crippen molar-refractivity contribution in [3.63, 3.8) is 0 Å². The standard InChI is InChI=1S/C9H11NO3S2/c1-3-13-6(11)4-5(2)7-8(12)10-9(14)15-7/h3-4H2,1-2H3,(H,10,12,14)/b7-5+. The van der Waals surface area contributed by atoms with E-state index in [9.17, 15) is 9.59 Å². The van der Waals surface area contributed by atoms with Crippen LogP contribution in [0.15, 0.2) is 10.5 Å². The summed E-state index contributed by atoms with van der Waals surface area (Å²) in [6.07, 6.45) is 0.131. The number of amides is 1. The van der Waals surface area contributed by atoms with Gasteiger partial charge in [0.05, 0.1) is 17.9 Å². The summed E-state index contributed by atoms with van der Waals surface area (Å²) in [6, 6.07) is 0. The normalized spacial score (nSPS) is 18.8. The summed E-state index contributed by atoms with van der Waals surface area (Å²) in [7, 11) is 0. The largest absolute Gasteiger partial charge is 0.466 e. The molecule has 1 aliphatic rings. The van der Waals surface area contributed by atoms with Crippen molar-refractivity contribution in [2.45, 2.75) is 20.3 Å². The number of thioether (sulfide) groups is 1. The van der Waals surface area contributed by atoms with Crippen LogP contribution in [-0.2, 0) is 14.3 Å². The highest BCUT2D eigenvalue weighted by Crippen LogP contribution is 2.28. The second-order valence-electron chi connectivity index (χ2n) is 2.93. The number of thiocarbonyl (C=S) groups is 1. The van der Waals surface area contributed by atoms with Gasteiger partial charge in [0.15, 0.2) is 0 Å². The third kappa shape index (κ3) is 3.32. The molecule has 0 aromatic heterocycles. The lowest BCUT2D eigenvalue weighted by Crippen LogP contribution is -2.18. The maximum absolute atomic E-state index is 11.3. The molecule has 0 bridgehead atoms. The van der Waals surface area contributed by atoms with Crippen LogP contribution in [0.3, 0.4) is 0 Å². The smallest absolute Gasteiger partial charge is 0.309 e. The third-order valence-electron chi connectivity index (χ3n) is 1.72. The summed E-state index contributed by atoms with van der Waals surface area (Å²) in [5, 5.41) is 2.50. The van der Waals surface area contributed by atoms with E-state index in [0.717, 1.165) is 0 Å². The molecule has 1 fully saturated rings. The van der Waals surface area contributed by atoms with Crippen LogP contribution in [-0.4, -0.2) is 22.8 Å². The molecule has 0 atom stereocenters. The third-order valence-corrected chi connectivity index (χ3v) is 3.10. The van der Waals surface area contributed by atoms with Gasteiger partial charge >= 0.3 is 5.97 Å². The lowest BCUT2D eigenvalue weighted by molar-refractivity contribution is -0.142. The van der Waals surface area contributed by atoms with E-state index in [4.69, 9.17) is 17.0 Å². The van der Waals surface area contributed by atoms with E-state index in [0.29, 0.717) is 21.4 Å². The van der Waals surface area contributed by atoms with Crippen molar-refractivity contribution in [2.24, 2.45) is 0 Å². The molecule has 1 heterocycles. The molecular formula is C9H11NO3S2. The van der Waals surface area contributed by atoms with Crippen LogP contribution < -0.4 is 5.32 Å². The molecule has 0 saturated carbocycles. The lowest BCUT2D eigenvalue weighted by atomic mass is 10.2. The van der Waals surface area contributed by atoms with Crippen molar-refractivity contribution in [1.29, 1.82) is 0 Å². The zero-order chi connectivity index (χ0) is 11.4. The summed E-state index contributed by atoms with van der Waals surface area (Å²) in [4.78, 5) is 23.0. The van der Waals surface area contributed by atoms with Gasteiger partial charge in [-0.15, -0.1) is 0 Å². The van der Waals surface area contributed by atoms with Gasteiger partial charge in [0, 0.05) is 0 Å². The molecule has 0 spiro atoms. The first kappa shape index (κ1) is 12.2. The Morgan fingerprint density at radius 1 is 1.60 bits per heavy atom. The van der Waals surface area contributed by atoms with Gasteiger partial charge in [-0.05, 0) is 19.4 Å². The Bertz CT molecular complexity index is 349. The zero-order valence-electron chi connectivity index (χ0n) is 8.46. The summed E-state index contributed by atoms with van der Waals surface area (Å²) in [5.41, 5.74) is 0.691. The molecule has 0 radical (unpaired) electrons. The van der Waals surface area contributed by atoms with Crippen LogP contribution >= 0.6 is 24.0 Å². The first-order valence-electron chi connectivity index (χ1n) is 4.43. The maximum atomic E-state index is 11.3. The highest BCUT2D eigenvalue weighted by atomic mass is 32.2. The van der Waals surface area contributed by atoms with Gasteiger partial charge in [0.2, 0.25) is 0 Å². The molecule has 1 N–H and O–H groups in total. The van der Waals surface area contributed by atoms with Crippen LogP contribution in [0.4, 0.5) is 0 Å². The highest BCUT2D eigenvalue weighted by molar-refractivity contribution is 8.26. The minimum atomic E-state index is -0.325. The Labute approximate surface area is 97.4 Å². The average molecular weight is 245 g/mol. The van der Waals surface area contributed by atoms with Crippen molar-refractivity contribution >= 4 is 40.2 Å². The Balaban J connectivity index is 2.69. The average Bonchev–Trinajstić information content (AvgIpc) is 2.45. The Morgan fingerprint density at radius 3 is 2.73 bits per heavy atom. The fourth-order valence-corrected chi connectivity index (χ4v) is 2.17. The van der Waals surface area contributed by atoms with Crippen LogP contribution in [0, 0.1) is 0 Å². The Hall–Kier alpha value is -0.880. The van der Waals surface area contributed by atoms with Crippen molar-refractivity contribution in [2.75, 3.05) is 6.61 Å². The fraction of sp³-hybridized carbons (Fsp3) is 0.444. The van der Waals surface area contributed by atoms with Gasteiger partial charge in [-0.25, -0.2) is 0 Å². The van der Waals surface area contributed by atoms with E-state index in [1.165, 1.54) is 11.8 Å². The number of nitrogens with one attached hydrogen (secondary N) is 1. The van der Waals surface area contributed by atoms with E-state index >= 15 is 0 Å². The van der Waals surface area contributed by atoms with Crippen LogP contribution in [0.1, 0.15) is 20.3 Å². The fourth-order valence-electron chi connectivity index (χ4n) is 1.10. The minimum Gasteiger partial charge on any atom is -0.466 e. The summed E-state index contributed by atoms with van der Waals surface area (Å²) >= 11 is 6.02. The Morgan fingerprint density at radius 2 is 2.27 bits per heavy atom. The van der Waals surface area contributed by atoms with Crippen molar-refractivity contribution in [1.82, 2.24) is 5.32 Å². The van der Waals surface area contributed by atoms with Crippen molar-refractivity contribution in [3.05, 3.63) is 10.5 Å². The SMILES string of the molecule is CCOC(=O)C/C(C)=C1/SC(=S)NC1=O. The number of esters is 1. The van der Waals surface area contributed by atoms with Gasteiger partial charge < -0.3 is 10.1 Å². The van der Waals surface area contributed by atoms with Crippen molar-refractivity contribution < 1.29 is 14.3 Å². The molecule has 0 aromatic rings. The van der Waals surface area contributed by atoms with E-state index in [2.05, 4.69) is 5.32 Å². The van der Waals surface area contributed by atoms with Crippen LogP contribution in [0.2, 0.25) is 0 Å². The highest BCUT2D eigenvalue weighted by Gasteiger charge is 2.25. The molecule has 0 aromatic carbocycles. The van der Waals surface area contributed by atoms with Crippen LogP contribution in [0.25, 0.3) is 0 Å². The molecule has 6 heteroatoms. The second kappa shape index (κ2) is 5.27. The van der Waals surface area contributed by atoms with E-state index in [-0.39, 0.29) is 18.3 Å². The molecule has 1 amide bonds. The summed E-state index contributed by atoms with van der Waals surface area (Å²) in [6.45, 7) is 3.82. The first-order chi connectivity index (χ1) is 7.04. The van der Waals surface area contributed by atoms with Gasteiger partial charge in [-0.1, -0.05) is 24.0 Å². The molecule has 0 unspecified atom stereocenters. The molecular weight excluding hydrogens is 234 g/mol. The minimum absolute atomic E-state index is 0.131. The number of carbonyl (C=O) groups is 2. The number of hydrogen-bond acceptors (Lipinski definition) is 5. The monoisotopic (exact) mass is 245 g/mol. The van der Waals surface area contributed by atoms with Crippen molar-refractivity contribution in [3.8, 4) is 0 Å². The quantitative estimate of drug-likeness (QED) is 0.462. The van der Waals surface area contributed by atoms with Gasteiger partial charge in [-0.2, -0.15) is 0 Å². The summed E-state index contributed by atoms with van der Waals surface area (Å²) < 4.78 is 5.22.